The largest absolute Gasteiger partial charge is 0.299 e. The molecule has 1 aromatic heterocycles. The second-order valence-electron chi connectivity index (χ2n) is 4.77. The average Bonchev–Trinajstić information content (AvgIpc) is 2.43. The number of rotatable bonds is 4. The van der Waals surface area contributed by atoms with Crippen LogP contribution < -0.4 is 5.56 Å². The molecule has 0 saturated carbocycles. The van der Waals surface area contributed by atoms with E-state index in [1.54, 1.807) is 24.3 Å². The van der Waals surface area contributed by atoms with Gasteiger partial charge in [0.25, 0.3) is 11.2 Å². The zero-order chi connectivity index (χ0) is 15.6. The van der Waals surface area contributed by atoms with Crippen molar-refractivity contribution in [2.75, 3.05) is 0 Å². The zero-order valence-corrected chi connectivity index (χ0v) is 11.7. The number of aromatic nitrogens is 1. The predicted molar refractivity (Wildman–Crippen MR) is 77.6 cm³/mol. The van der Waals surface area contributed by atoms with Crippen LogP contribution in [0.25, 0.3) is 0 Å². The van der Waals surface area contributed by atoms with E-state index in [0.29, 0.717) is 5.56 Å². The molecule has 0 spiro atoms. The topological polar surface area (TPSA) is 82.2 Å². The first-order chi connectivity index (χ1) is 9.90. The van der Waals surface area contributed by atoms with Gasteiger partial charge in [0.1, 0.15) is 0 Å². The van der Waals surface area contributed by atoms with Crippen molar-refractivity contribution in [2.45, 2.75) is 20.4 Å². The Kier molecular flexibility index (Phi) is 3.98. The van der Waals surface area contributed by atoms with Crippen molar-refractivity contribution < 1.29 is 9.72 Å². The van der Waals surface area contributed by atoms with Crippen LogP contribution in [-0.2, 0) is 6.54 Å². The summed E-state index contributed by atoms with van der Waals surface area (Å²) in [4.78, 5) is 34.3. The molecule has 6 heteroatoms. The highest BCUT2D eigenvalue weighted by molar-refractivity contribution is 5.96. The predicted octanol–water partition coefficient (Wildman–Crippen LogP) is 2.26. The van der Waals surface area contributed by atoms with Gasteiger partial charge in [0.2, 0.25) is 0 Å². The third-order valence-corrected chi connectivity index (χ3v) is 3.30. The highest BCUT2D eigenvalue weighted by Crippen LogP contribution is 2.15. The Bertz CT molecular complexity index is 760. The van der Waals surface area contributed by atoms with E-state index in [9.17, 15) is 19.7 Å². The number of aryl methyl sites for hydroxylation is 1. The number of hydrogen-bond acceptors (Lipinski definition) is 4. The van der Waals surface area contributed by atoms with Gasteiger partial charge in [-0.3, -0.25) is 24.3 Å². The second-order valence-corrected chi connectivity index (χ2v) is 4.77. The van der Waals surface area contributed by atoms with Gasteiger partial charge in [-0.25, -0.2) is 0 Å². The SMILES string of the molecule is Cc1ccc(C(=O)Cn2c(C)c([N+](=O)[O-])ccc2=O)cc1. The van der Waals surface area contributed by atoms with E-state index >= 15 is 0 Å². The first kappa shape index (κ1) is 14.6. The Morgan fingerprint density at radius 1 is 1.14 bits per heavy atom. The van der Waals surface area contributed by atoms with Crippen LogP contribution in [0.1, 0.15) is 21.6 Å². The normalized spacial score (nSPS) is 10.4. The quantitative estimate of drug-likeness (QED) is 0.490. The van der Waals surface area contributed by atoms with E-state index in [1.165, 1.54) is 6.92 Å². The van der Waals surface area contributed by atoms with Gasteiger partial charge in [-0.1, -0.05) is 29.8 Å². The molecular weight excluding hydrogens is 272 g/mol. The molecule has 0 unspecified atom stereocenters. The van der Waals surface area contributed by atoms with Crippen LogP contribution in [-0.4, -0.2) is 15.3 Å². The summed E-state index contributed by atoms with van der Waals surface area (Å²) in [6.07, 6.45) is 0. The van der Waals surface area contributed by atoms with E-state index in [-0.39, 0.29) is 23.7 Å². The fraction of sp³-hybridized carbons (Fsp3) is 0.200. The summed E-state index contributed by atoms with van der Waals surface area (Å²) < 4.78 is 1.13. The van der Waals surface area contributed by atoms with Crippen LogP contribution in [0.15, 0.2) is 41.2 Å². The summed E-state index contributed by atoms with van der Waals surface area (Å²) in [6, 6.07) is 9.22. The van der Waals surface area contributed by atoms with Gasteiger partial charge in [-0.05, 0) is 13.8 Å². The second kappa shape index (κ2) is 5.70. The number of pyridine rings is 1. The van der Waals surface area contributed by atoms with Gasteiger partial charge >= 0.3 is 0 Å². The Balaban J connectivity index is 2.37. The molecule has 1 aromatic carbocycles. The molecule has 0 radical (unpaired) electrons. The minimum atomic E-state index is -0.568. The zero-order valence-electron chi connectivity index (χ0n) is 11.7. The minimum Gasteiger partial charge on any atom is -0.299 e. The molecule has 0 fully saturated rings. The minimum absolute atomic E-state index is 0.174. The fourth-order valence-electron chi connectivity index (χ4n) is 2.03. The number of benzene rings is 1. The van der Waals surface area contributed by atoms with Crippen molar-refractivity contribution in [1.29, 1.82) is 0 Å². The van der Waals surface area contributed by atoms with Gasteiger partial charge in [-0.2, -0.15) is 0 Å². The number of ketones is 1. The van der Waals surface area contributed by atoms with Crippen LogP contribution in [0, 0.1) is 24.0 Å². The Morgan fingerprint density at radius 3 is 2.33 bits per heavy atom. The summed E-state index contributed by atoms with van der Waals surface area (Å²) in [7, 11) is 0. The number of carbonyl (C=O) groups is 1. The van der Waals surface area contributed by atoms with E-state index in [1.807, 2.05) is 6.92 Å². The van der Waals surface area contributed by atoms with Crippen LogP contribution in [0.3, 0.4) is 0 Å². The number of Topliss-reactive ketones (excluding diaryl/α,β-unsaturated/α-hetero) is 1. The lowest BCUT2D eigenvalue weighted by Gasteiger charge is -2.09. The summed E-state index contributed by atoms with van der Waals surface area (Å²) in [6.45, 7) is 3.15. The van der Waals surface area contributed by atoms with E-state index in [4.69, 9.17) is 0 Å². The molecule has 0 aliphatic heterocycles. The summed E-state index contributed by atoms with van der Waals surface area (Å²) in [5, 5.41) is 10.9. The molecule has 0 N–H and O–H groups in total. The van der Waals surface area contributed by atoms with Crippen LogP contribution in [0.2, 0.25) is 0 Å². The molecule has 0 bridgehead atoms. The van der Waals surface area contributed by atoms with Crippen molar-refractivity contribution in [2.24, 2.45) is 0 Å². The van der Waals surface area contributed by atoms with E-state index in [0.717, 1.165) is 22.3 Å². The lowest BCUT2D eigenvalue weighted by atomic mass is 10.1. The summed E-state index contributed by atoms with van der Waals surface area (Å²) in [5.74, 6) is -0.263. The smallest absolute Gasteiger partial charge is 0.288 e. The van der Waals surface area contributed by atoms with Crippen LogP contribution in [0.5, 0.6) is 0 Å². The highest BCUT2D eigenvalue weighted by Gasteiger charge is 2.17. The average molecular weight is 286 g/mol. The maximum absolute atomic E-state index is 12.2. The third-order valence-electron chi connectivity index (χ3n) is 3.30. The summed E-state index contributed by atoms with van der Waals surface area (Å²) >= 11 is 0. The number of carbonyl (C=O) groups excluding carboxylic acids is 1. The highest BCUT2D eigenvalue weighted by atomic mass is 16.6. The molecule has 0 atom stereocenters. The van der Waals surface area contributed by atoms with E-state index < -0.39 is 10.5 Å². The monoisotopic (exact) mass is 286 g/mol. The molecule has 0 aliphatic carbocycles. The molecule has 2 rings (SSSR count). The number of hydrogen-bond donors (Lipinski definition) is 0. The van der Waals surface area contributed by atoms with Gasteiger partial charge < -0.3 is 0 Å². The lowest BCUT2D eigenvalue weighted by Crippen LogP contribution is -2.26. The molecule has 108 valence electrons. The third kappa shape index (κ3) is 3.05. The molecule has 21 heavy (non-hydrogen) atoms. The number of nitro groups is 1. The van der Waals surface area contributed by atoms with Crippen molar-refractivity contribution in [1.82, 2.24) is 4.57 Å². The van der Waals surface area contributed by atoms with Crippen molar-refractivity contribution >= 4 is 11.5 Å². The molecule has 6 nitrogen and oxygen atoms in total. The molecule has 1 heterocycles. The van der Waals surface area contributed by atoms with Gasteiger partial charge in [0.15, 0.2) is 5.78 Å². The van der Waals surface area contributed by atoms with Gasteiger partial charge in [-0.15, -0.1) is 0 Å². The van der Waals surface area contributed by atoms with Gasteiger partial charge in [0, 0.05) is 17.7 Å². The Morgan fingerprint density at radius 2 is 1.76 bits per heavy atom. The molecule has 0 aliphatic rings. The van der Waals surface area contributed by atoms with Crippen molar-refractivity contribution in [3.05, 3.63) is 73.7 Å². The standard InChI is InChI=1S/C15H14N2O4/c1-10-3-5-12(6-4-10)14(18)9-16-11(2)13(17(20)21)7-8-15(16)19/h3-8H,9H2,1-2H3. The molecule has 2 aromatic rings. The maximum atomic E-state index is 12.2. The first-order valence-corrected chi connectivity index (χ1v) is 6.35. The van der Waals surface area contributed by atoms with E-state index in [2.05, 4.69) is 0 Å². The van der Waals surface area contributed by atoms with Crippen LogP contribution >= 0.6 is 0 Å². The van der Waals surface area contributed by atoms with Gasteiger partial charge in [0.05, 0.1) is 17.2 Å². The maximum Gasteiger partial charge on any atom is 0.288 e. The van der Waals surface area contributed by atoms with Crippen molar-refractivity contribution in [3.8, 4) is 0 Å². The Hall–Kier alpha value is -2.76. The van der Waals surface area contributed by atoms with Crippen molar-refractivity contribution in [3.63, 3.8) is 0 Å². The van der Waals surface area contributed by atoms with Crippen LogP contribution in [0.4, 0.5) is 5.69 Å². The lowest BCUT2D eigenvalue weighted by molar-refractivity contribution is -0.386. The molecular formula is C15H14N2O4. The first-order valence-electron chi connectivity index (χ1n) is 6.35. The fourth-order valence-corrected chi connectivity index (χ4v) is 2.03. The Labute approximate surface area is 120 Å². The molecule has 0 amide bonds. The number of nitrogens with zero attached hydrogens (tertiary/aromatic N) is 2. The summed E-state index contributed by atoms with van der Waals surface area (Å²) in [5.41, 5.74) is 1.06. The molecule has 0 saturated heterocycles.